The molecule has 8 nitrogen and oxygen atoms in total. The topological polar surface area (TPSA) is 94.5 Å². The second kappa shape index (κ2) is 10.4. The van der Waals surface area contributed by atoms with Crippen molar-refractivity contribution in [1.82, 2.24) is 4.90 Å². The van der Waals surface area contributed by atoms with Gasteiger partial charge < -0.3 is 29.0 Å². The van der Waals surface area contributed by atoms with Gasteiger partial charge in [0.2, 0.25) is 0 Å². The van der Waals surface area contributed by atoms with Crippen molar-refractivity contribution in [3.8, 4) is 17.2 Å². The second-order valence-corrected chi connectivity index (χ2v) is 7.79. The van der Waals surface area contributed by atoms with Crippen molar-refractivity contribution in [2.75, 3.05) is 34.5 Å². The largest absolute Gasteiger partial charge is 0.507 e. The molecule has 8 heteroatoms. The molecule has 0 saturated carbocycles. The Morgan fingerprint density at radius 1 is 1.00 bits per heavy atom. The van der Waals surface area contributed by atoms with Crippen molar-refractivity contribution in [3.05, 3.63) is 59.2 Å². The van der Waals surface area contributed by atoms with Gasteiger partial charge in [-0.1, -0.05) is 12.1 Å². The maximum Gasteiger partial charge on any atom is 0.295 e. The van der Waals surface area contributed by atoms with E-state index in [0.717, 1.165) is 0 Å². The highest BCUT2D eigenvalue weighted by Gasteiger charge is 2.46. The number of methoxy groups -OCH3 is 3. The molecule has 1 fully saturated rings. The van der Waals surface area contributed by atoms with Crippen LogP contribution in [0.2, 0.25) is 0 Å². The predicted octanol–water partition coefficient (Wildman–Crippen LogP) is 3.56. The minimum Gasteiger partial charge on any atom is -0.507 e. The lowest BCUT2D eigenvalue weighted by molar-refractivity contribution is -0.140. The van der Waals surface area contributed by atoms with E-state index in [-0.39, 0.29) is 36.2 Å². The molecule has 176 valence electrons. The SMILES string of the molecule is COCCN1C(=O)C(=O)/C(=C(\O)c2ccc(OC)cc2OC)C1c1ccc(OC(C)C)cc1. The van der Waals surface area contributed by atoms with Gasteiger partial charge in [-0.15, -0.1) is 0 Å². The smallest absolute Gasteiger partial charge is 0.295 e. The van der Waals surface area contributed by atoms with Crippen LogP contribution in [0.3, 0.4) is 0 Å². The first-order chi connectivity index (χ1) is 15.8. The molecule has 0 spiro atoms. The summed E-state index contributed by atoms with van der Waals surface area (Å²) in [6, 6.07) is 11.2. The quantitative estimate of drug-likeness (QED) is 0.351. The summed E-state index contributed by atoms with van der Waals surface area (Å²) in [5.41, 5.74) is 0.931. The summed E-state index contributed by atoms with van der Waals surface area (Å²) < 4.78 is 21.5. The third-order valence-corrected chi connectivity index (χ3v) is 5.31. The first-order valence-corrected chi connectivity index (χ1v) is 10.6. The summed E-state index contributed by atoms with van der Waals surface area (Å²) in [5, 5.41) is 11.2. The molecule has 1 amide bonds. The number of benzene rings is 2. The lowest BCUT2D eigenvalue weighted by Crippen LogP contribution is -2.32. The van der Waals surface area contributed by atoms with E-state index in [0.29, 0.717) is 22.8 Å². The molecule has 0 aromatic heterocycles. The van der Waals surface area contributed by atoms with Crippen molar-refractivity contribution >= 4 is 17.4 Å². The Morgan fingerprint density at radius 2 is 1.67 bits per heavy atom. The lowest BCUT2D eigenvalue weighted by atomic mass is 9.95. The summed E-state index contributed by atoms with van der Waals surface area (Å²) >= 11 is 0. The van der Waals surface area contributed by atoms with Crippen LogP contribution in [-0.2, 0) is 14.3 Å². The van der Waals surface area contributed by atoms with E-state index in [1.807, 2.05) is 13.8 Å². The molecular weight excluding hydrogens is 426 g/mol. The number of rotatable bonds is 9. The van der Waals surface area contributed by atoms with Gasteiger partial charge in [-0.25, -0.2) is 0 Å². The van der Waals surface area contributed by atoms with E-state index in [1.54, 1.807) is 42.5 Å². The van der Waals surface area contributed by atoms with Crippen molar-refractivity contribution < 1.29 is 33.6 Å². The van der Waals surface area contributed by atoms with Crippen LogP contribution < -0.4 is 14.2 Å². The molecule has 0 radical (unpaired) electrons. The molecule has 1 aliphatic rings. The summed E-state index contributed by atoms with van der Waals surface area (Å²) in [5.74, 6) is -0.280. The van der Waals surface area contributed by atoms with E-state index in [4.69, 9.17) is 18.9 Å². The molecule has 2 aromatic carbocycles. The van der Waals surface area contributed by atoms with Crippen molar-refractivity contribution in [2.45, 2.75) is 26.0 Å². The molecule has 1 unspecified atom stereocenters. The maximum atomic E-state index is 13.1. The number of nitrogens with zero attached hydrogens (tertiary/aromatic N) is 1. The Morgan fingerprint density at radius 3 is 2.24 bits per heavy atom. The molecule has 1 N–H and O–H groups in total. The van der Waals surface area contributed by atoms with Crippen LogP contribution in [0.15, 0.2) is 48.0 Å². The van der Waals surface area contributed by atoms with Crippen LogP contribution in [0.4, 0.5) is 0 Å². The third kappa shape index (κ3) is 4.96. The standard InChI is InChI=1S/C25H29NO7/c1-15(2)33-17-8-6-16(7-9-17)22-21(24(28)25(29)26(22)12-13-30-3)23(27)19-11-10-18(31-4)14-20(19)32-5/h6-11,14-15,22,27H,12-13H2,1-5H3/b23-21-. The number of ether oxygens (including phenoxy) is 4. The molecule has 1 saturated heterocycles. The van der Waals surface area contributed by atoms with Gasteiger partial charge in [-0.2, -0.15) is 0 Å². The Bertz CT molecular complexity index is 1040. The fraction of sp³-hybridized carbons (Fsp3) is 0.360. The first-order valence-electron chi connectivity index (χ1n) is 10.6. The summed E-state index contributed by atoms with van der Waals surface area (Å²) in [6.07, 6.45) is 0.00530. The van der Waals surface area contributed by atoms with Gasteiger partial charge in [0.25, 0.3) is 11.7 Å². The van der Waals surface area contributed by atoms with Crippen molar-refractivity contribution in [2.24, 2.45) is 0 Å². The zero-order valence-corrected chi connectivity index (χ0v) is 19.5. The number of ketones is 1. The minimum atomic E-state index is -0.792. The Hall–Kier alpha value is -3.52. The van der Waals surface area contributed by atoms with E-state index >= 15 is 0 Å². The fourth-order valence-corrected chi connectivity index (χ4v) is 3.79. The highest BCUT2D eigenvalue weighted by atomic mass is 16.5. The molecule has 1 atom stereocenters. The third-order valence-electron chi connectivity index (χ3n) is 5.31. The molecule has 1 aliphatic heterocycles. The van der Waals surface area contributed by atoms with Crippen LogP contribution in [0, 0.1) is 0 Å². The first kappa shape index (κ1) is 24.1. The number of Topliss-reactive ketones (excluding diaryl/α,β-unsaturated/α-hetero) is 1. The van der Waals surface area contributed by atoms with E-state index < -0.39 is 17.7 Å². The minimum absolute atomic E-state index is 0.00530. The lowest BCUT2D eigenvalue weighted by Gasteiger charge is -2.25. The van der Waals surface area contributed by atoms with Gasteiger partial charge in [-0.3, -0.25) is 9.59 Å². The highest BCUT2D eigenvalue weighted by molar-refractivity contribution is 6.46. The zero-order chi connectivity index (χ0) is 24.1. The Labute approximate surface area is 193 Å². The predicted molar refractivity (Wildman–Crippen MR) is 123 cm³/mol. The average Bonchev–Trinajstić information content (AvgIpc) is 3.06. The molecule has 0 aliphatic carbocycles. The summed E-state index contributed by atoms with van der Waals surface area (Å²) in [7, 11) is 4.49. The zero-order valence-electron chi connectivity index (χ0n) is 19.5. The van der Waals surface area contributed by atoms with Gasteiger partial charge >= 0.3 is 0 Å². The van der Waals surface area contributed by atoms with Crippen molar-refractivity contribution in [3.63, 3.8) is 0 Å². The highest BCUT2D eigenvalue weighted by Crippen LogP contribution is 2.41. The maximum absolute atomic E-state index is 13.1. The number of hydrogen-bond acceptors (Lipinski definition) is 7. The number of amides is 1. The molecule has 3 rings (SSSR count). The van der Waals surface area contributed by atoms with Gasteiger partial charge in [0.1, 0.15) is 23.0 Å². The van der Waals surface area contributed by atoms with Crippen molar-refractivity contribution in [1.29, 1.82) is 0 Å². The van der Waals surface area contributed by atoms with Crippen LogP contribution in [-0.4, -0.2) is 62.3 Å². The molecule has 0 bridgehead atoms. The van der Waals surface area contributed by atoms with Crippen LogP contribution in [0.25, 0.3) is 5.76 Å². The summed E-state index contributed by atoms with van der Waals surface area (Å²) in [6.45, 7) is 4.28. The monoisotopic (exact) mass is 455 g/mol. The number of hydrogen-bond donors (Lipinski definition) is 1. The Kier molecular flexibility index (Phi) is 7.60. The normalized spacial score (nSPS) is 17.5. The average molecular weight is 456 g/mol. The van der Waals surface area contributed by atoms with Crippen LogP contribution in [0.5, 0.6) is 17.2 Å². The van der Waals surface area contributed by atoms with Gasteiger partial charge in [0, 0.05) is 19.7 Å². The van der Waals surface area contributed by atoms with E-state index in [1.165, 1.54) is 26.2 Å². The second-order valence-electron chi connectivity index (χ2n) is 7.79. The Balaban J connectivity index is 2.14. The summed E-state index contributed by atoms with van der Waals surface area (Å²) in [4.78, 5) is 27.4. The number of aliphatic hydroxyl groups excluding tert-OH is 1. The van der Waals surface area contributed by atoms with Crippen LogP contribution >= 0.6 is 0 Å². The van der Waals surface area contributed by atoms with Gasteiger partial charge in [0.15, 0.2) is 0 Å². The molecule has 33 heavy (non-hydrogen) atoms. The number of carbonyl (C=O) groups excluding carboxylic acids is 2. The van der Waals surface area contributed by atoms with Gasteiger partial charge in [-0.05, 0) is 43.7 Å². The van der Waals surface area contributed by atoms with Gasteiger partial charge in [0.05, 0.1) is 44.1 Å². The van der Waals surface area contributed by atoms with E-state index in [9.17, 15) is 14.7 Å². The molecular formula is C25H29NO7. The van der Waals surface area contributed by atoms with Crippen LogP contribution in [0.1, 0.15) is 31.0 Å². The number of likely N-dealkylation sites (tertiary alicyclic amines) is 1. The molecule has 2 aromatic rings. The number of carbonyl (C=O) groups is 2. The fourth-order valence-electron chi connectivity index (χ4n) is 3.79. The molecule has 1 heterocycles. The number of aliphatic hydroxyl groups is 1. The van der Waals surface area contributed by atoms with E-state index in [2.05, 4.69) is 0 Å².